The highest BCUT2D eigenvalue weighted by Crippen LogP contribution is 2.34. The molecule has 27 heavy (non-hydrogen) atoms. The van der Waals surface area contributed by atoms with Crippen LogP contribution in [0.4, 0.5) is 22.0 Å². The molecule has 2 atom stereocenters. The Hall–Kier alpha value is -1.33. The lowest BCUT2D eigenvalue weighted by Gasteiger charge is -2.28. The monoisotopic (exact) mass is 406 g/mol. The second-order valence-corrected chi connectivity index (χ2v) is 6.68. The fraction of sp³-hybridized carbons (Fsp3) is 0.875. The number of nitrogens with two attached hydrogens (primary N) is 1. The summed E-state index contributed by atoms with van der Waals surface area (Å²) in [5.74, 6) is -5.86. The smallest absolute Gasteiger partial charge is 0.369 e. The second kappa shape index (κ2) is 10.3. The molecule has 11 heteroatoms. The summed E-state index contributed by atoms with van der Waals surface area (Å²) in [4.78, 5) is 24.4. The average molecular weight is 406 g/mol. The maximum Gasteiger partial charge on any atom is 0.420 e. The van der Waals surface area contributed by atoms with Gasteiger partial charge < -0.3 is 20.5 Å². The van der Waals surface area contributed by atoms with E-state index in [-0.39, 0.29) is 13.3 Å². The van der Waals surface area contributed by atoms with Gasteiger partial charge >= 0.3 is 6.18 Å². The fourth-order valence-corrected chi connectivity index (χ4v) is 2.03. The molecule has 0 spiro atoms. The Morgan fingerprint density at radius 3 is 2.04 bits per heavy atom. The van der Waals surface area contributed by atoms with Gasteiger partial charge in [0.15, 0.2) is 5.78 Å². The van der Waals surface area contributed by atoms with Gasteiger partial charge in [0.1, 0.15) is 12.2 Å². The first-order chi connectivity index (χ1) is 12.2. The molecule has 0 fully saturated rings. The van der Waals surface area contributed by atoms with Gasteiger partial charge in [-0.2, -0.15) is 13.2 Å². The van der Waals surface area contributed by atoms with Crippen LogP contribution in [0.5, 0.6) is 0 Å². The number of ether oxygens (including phenoxy) is 2. The van der Waals surface area contributed by atoms with E-state index in [2.05, 4.69) is 10.1 Å². The Labute approximate surface area is 154 Å². The van der Waals surface area contributed by atoms with Gasteiger partial charge in [-0.05, 0) is 39.7 Å². The van der Waals surface area contributed by atoms with E-state index in [9.17, 15) is 31.5 Å². The summed E-state index contributed by atoms with van der Waals surface area (Å²) in [5, 5.41) is 2.37. The van der Waals surface area contributed by atoms with Crippen molar-refractivity contribution in [3.05, 3.63) is 0 Å². The van der Waals surface area contributed by atoms with E-state index < -0.39 is 48.1 Å². The summed E-state index contributed by atoms with van der Waals surface area (Å²) < 4.78 is 73.6. The molecule has 3 N–H and O–H groups in total. The van der Waals surface area contributed by atoms with Crippen molar-refractivity contribution < 1.29 is 41.0 Å². The Bertz CT molecular complexity index is 478. The standard InChI is InChI=1S/C16H27F5N2O4/c1-14(2,26-4)13(25)23-10(7-5-6-8-22)11(24)9-27-12(15(3,17)18)16(19,20)21/h10,12H,5-9,22H2,1-4H3,(H,23,25). The molecule has 160 valence electrons. The number of amides is 1. The Balaban J connectivity index is 5.15. The van der Waals surface area contributed by atoms with Gasteiger partial charge in [-0.25, -0.2) is 8.78 Å². The van der Waals surface area contributed by atoms with Gasteiger partial charge in [-0.1, -0.05) is 0 Å². The molecule has 0 saturated carbocycles. The Morgan fingerprint density at radius 1 is 1.07 bits per heavy atom. The van der Waals surface area contributed by atoms with Crippen LogP contribution in [0.1, 0.15) is 40.0 Å². The molecule has 0 heterocycles. The molecule has 0 aromatic heterocycles. The lowest BCUT2D eigenvalue weighted by molar-refractivity contribution is -0.278. The van der Waals surface area contributed by atoms with Crippen molar-refractivity contribution >= 4 is 11.7 Å². The Kier molecular flexibility index (Phi) is 9.77. The molecule has 2 unspecified atom stereocenters. The third kappa shape index (κ3) is 8.93. The van der Waals surface area contributed by atoms with Crippen molar-refractivity contribution in [3.63, 3.8) is 0 Å². The Morgan fingerprint density at radius 2 is 1.63 bits per heavy atom. The van der Waals surface area contributed by atoms with Crippen LogP contribution < -0.4 is 11.1 Å². The summed E-state index contributed by atoms with van der Waals surface area (Å²) in [7, 11) is 1.27. The van der Waals surface area contributed by atoms with Crippen molar-refractivity contribution in [2.45, 2.75) is 69.9 Å². The minimum atomic E-state index is -5.35. The van der Waals surface area contributed by atoms with Crippen LogP contribution in [-0.4, -0.2) is 61.8 Å². The number of unbranched alkanes of at least 4 members (excludes halogenated alkanes) is 1. The maximum absolute atomic E-state index is 13.1. The predicted molar refractivity (Wildman–Crippen MR) is 87.3 cm³/mol. The summed E-state index contributed by atoms with van der Waals surface area (Å²) in [6, 6.07) is -1.21. The maximum atomic E-state index is 13.1. The highest BCUT2D eigenvalue weighted by Gasteiger charge is 2.54. The molecule has 0 aromatic rings. The molecule has 0 aromatic carbocycles. The highest BCUT2D eigenvalue weighted by atomic mass is 19.4. The molecule has 0 aliphatic heterocycles. The quantitative estimate of drug-likeness (QED) is 0.383. The number of Topliss-reactive ketones (excluding diaryl/α,β-unsaturated/α-hetero) is 1. The van der Waals surface area contributed by atoms with Crippen LogP contribution in [0.15, 0.2) is 0 Å². The van der Waals surface area contributed by atoms with Crippen molar-refractivity contribution in [1.29, 1.82) is 0 Å². The zero-order valence-electron chi connectivity index (χ0n) is 15.8. The SMILES string of the molecule is COC(C)(C)C(=O)NC(CCCCN)C(=O)COC(C(C)(F)F)C(F)(F)F. The zero-order valence-corrected chi connectivity index (χ0v) is 15.8. The summed E-state index contributed by atoms with van der Waals surface area (Å²) in [6.07, 6.45) is -7.80. The van der Waals surface area contributed by atoms with Gasteiger partial charge in [0.25, 0.3) is 11.8 Å². The van der Waals surface area contributed by atoms with E-state index in [1.807, 2.05) is 0 Å². The van der Waals surface area contributed by atoms with E-state index in [4.69, 9.17) is 10.5 Å². The first kappa shape index (κ1) is 25.7. The number of rotatable bonds is 12. The lowest BCUT2D eigenvalue weighted by atomic mass is 10.0. The van der Waals surface area contributed by atoms with Gasteiger partial charge in [-0.3, -0.25) is 9.59 Å². The molecule has 1 amide bonds. The molecular weight excluding hydrogens is 379 g/mol. The third-order valence-corrected chi connectivity index (χ3v) is 3.85. The molecule has 0 bridgehead atoms. The van der Waals surface area contributed by atoms with E-state index >= 15 is 0 Å². The summed E-state index contributed by atoms with van der Waals surface area (Å²) >= 11 is 0. The van der Waals surface area contributed by atoms with Crippen molar-refractivity contribution in [1.82, 2.24) is 5.32 Å². The summed E-state index contributed by atoms with van der Waals surface area (Å²) in [5.41, 5.74) is 4.06. The number of ketones is 1. The van der Waals surface area contributed by atoms with E-state index in [1.165, 1.54) is 21.0 Å². The largest absolute Gasteiger partial charge is 0.420 e. The lowest BCUT2D eigenvalue weighted by Crippen LogP contribution is -2.52. The van der Waals surface area contributed by atoms with Crippen LogP contribution in [0.3, 0.4) is 0 Å². The highest BCUT2D eigenvalue weighted by molar-refractivity contribution is 5.92. The first-order valence-corrected chi connectivity index (χ1v) is 8.31. The zero-order chi connectivity index (χ0) is 21.5. The molecular formula is C16H27F5N2O4. The van der Waals surface area contributed by atoms with E-state index in [0.29, 0.717) is 19.4 Å². The van der Waals surface area contributed by atoms with Crippen molar-refractivity contribution in [2.24, 2.45) is 5.73 Å². The minimum absolute atomic E-state index is 0.0528. The van der Waals surface area contributed by atoms with Crippen molar-refractivity contribution in [3.8, 4) is 0 Å². The average Bonchev–Trinajstić information content (AvgIpc) is 2.51. The number of hydrogen-bond acceptors (Lipinski definition) is 5. The summed E-state index contributed by atoms with van der Waals surface area (Å²) in [6.45, 7) is 1.99. The fourth-order valence-electron chi connectivity index (χ4n) is 2.03. The molecule has 0 rings (SSSR count). The number of nitrogens with one attached hydrogen (secondary N) is 1. The van der Waals surface area contributed by atoms with Gasteiger partial charge in [0.05, 0.1) is 6.04 Å². The number of carbonyl (C=O) groups is 2. The third-order valence-electron chi connectivity index (χ3n) is 3.85. The number of alkyl halides is 5. The predicted octanol–water partition coefficient (Wildman–Crippen LogP) is 2.20. The molecule has 6 nitrogen and oxygen atoms in total. The number of carbonyl (C=O) groups excluding carboxylic acids is 2. The van der Waals surface area contributed by atoms with Crippen LogP contribution >= 0.6 is 0 Å². The molecule has 0 radical (unpaired) electrons. The van der Waals surface area contributed by atoms with E-state index in [0.717, 1.165) is 0 Å². The van der Waals surface area contributed by atoms with Crippen LogP contribution in [0, 0.1) is 0 Å². The van der Waals surface area contributed by atoms with Crippen molar-refractivity contribution in [2.75, 3.05) is 20.3 Å². The number of hydrogen-bond donors (Lipinski definition) is 2. The van der Waals surface area contributed by atoms with Gasteiger partial charge in [0, 0.05) is 14.0 Å². The van der Waals surface area contributed by atoms with Crippen LogP contribution in [0.25, 0.3) is 0 Å². The van der Waals surface area contributed by atoms with Crippen LogP contribution in [-0.2, 0) is 19.1 Å². The molecule has 0 aliphatic carbocycles. The number of methoxy groups -OCH3 is 1. The van der Waals surface area contributed by atoms with Gasteiger partial charge in [0.2, 0.25) is 6.10 Å². The molecule has 0 saturated heterocycles. The topological polar surface area (TPSA) is 90.6 Å². The molecule has 0 aliphatic rings. The normalized spacial score (nSPS) is 15.3. The second-order valence-electron chi connectivity index (χ2n) is 6.68. The first-order valence-electron chi connectivity index (χ1n) is 8.31. The van der Waals surface area contributed by atoms with E-state index in [1.54, 1.807) is 0 Å². The minimum Gasteiger partial charge on any atom is -0.369 e. The van der Waals surface area contributed by atoms with Crippen LogP contribution in [0.2, 0.25) is 0 Å². The van der Waals surface area contributed by atoms with Gasteiger partial charge in [-0.15, -0.1) is 0 Å². The number of halogens is 5.